The average molecular weight is 480 g/mol. The van der Waals surface area contributed by atoms with Gasteiger partial charge >= 0.3 is 0 Å². The number of rotatable bonds is 5. The lowest BCUT2D eigenvalue weighted by atomic mass is 10.1. The number of nitrogens with zero attached hydrogens (tertiary/aromatic N) is 2. The molecular weight excluding hydrogens is 458 g/mol. The molecular formula is C25H22ClN3O5. The summed E-state index contributed by atoms with van der Waals surface area (Å²) in [6, 6.07) is 14.2. The fourth-order valence-corrected chi connectivity index (χ4v) is 4.20. The van der Waals surface area contributed by atoms with Gasteiger partial charge in [-0.25, -0.2) is 4.98 Å². The number of aromatic nitrogens is 1. The van der Waals surface area contributed by atoms with Crippen molar-refractivity contribution in [1.29, 1.82) is 0 Å². The number of halogens is 1. The lowest BCUT2D eigenvalue weighted by molar-refractivity contribution is -0.139. The fraction of sp³-hybridized carbons (Fsp3) is 0.240. The van der Waals surface area contributed by atoms with E-state index in [0.717, 1.165) is 11.1 Å². The number of ether oxygens (including phenoxy) is 3. The molecule has 9 heteroatoms. The molecule has 3 heterocycles. The van der Waals surface area contributed by atoms with Crippen LogP contribution < -0.4 is 19.5 Å². The smallest absolute Gasteiger partial charge is 0.264 e. The van der Waals surface area contributed by atoms with E-state index in [1.165, 1.54) is 6.20 Å². The summed E-state index contributed by atoms with van der Waals surface area (Å²) in [5.74, 6) is 1.52. The summed E-state index contributed by atoms with van der Waals surface area (Å²) in [4.78, 5) is 31.6. The molecule has 2 aromatic carbocycles. The maximum absolute atomic E-state index is 13.2. The highest BCUT2D eigenvalue weighted by Gasteiger charge is 2.30. The van der Waals surface area contributed by atoms with E-state index in [1.54, 1.807) is 29.2 Å². The van der Waals surface area contributed by atoms with Gasteiger partial charge in [0.05, 0.1) is 5.56 Å². The van der Waals surface area contributed by atoms with Gasteiger partial charge in [-0.3, -0.25) is 9.59 Å². The van der Waals surface area contributed by atoms with Crippen LogP contribution in [0.15, 0.2) is 54.7 Å². The standard InChI is InChI=1S/C25H22ClN3O5/c1-2-19-25(31)29(12-15-5-7-21-22(10-15)33-14-32-21)13-16-11-17(6-8-20(16)34-19)28-24(30)18-4-3-9-27-23(18)26/h3-11,19H,2,12-14H2,1H3,(H,28,30). The van der Waals surface area contributed by atoms with E-state index in [2.05, 4.69) is 10.3 Å². The highest BCUT2D eigenvalue weighted by molar-refractivity contribution is 6.33. The number of hydrogen-bond acceptors (Lipinski definition) is 6. The lowest BCUT2D eigenvalue weighted by Gasteiger charge is -2.23. The van der Waals surface area contributed by atoms with Gasteiger partial charge in [-0.05, 0) is 54.4 Å². The van der Waals surface area contributed by atoms with Gasteiger partial charge < -0.3 is 24.4 Å². The summed E-state index contributed by atoms with van der Waals surface area (Å²) >= 11 is 6.05. The third-order valence-electron chi connectivity index (χ3n) is 5.72. The first-order valence-electron chi connectivity index (χ1n) is 10.9. The summed E-state index contributed by atoms with van der Waals surface area (Å²) in [6.07, 6.45) is 1.47. The van der Waals surface area contributed by atoms with E-state index < -0.39 is 6.10 Å². The number of nitrogens with one attached hydrogen (secondary N) is 1. The van der Waals surface area contributed by atoms with Crippen LogP contribution in [0.25, 0.3) is 0 Å². The van der Waals surface area contributed by atoms with Crippen molar-refractivity contribution in [2.24, 2.45) is 0 Å². The van der Waals surface area contributed by atoms with Crippen molar-refractivity contribution in [2.45, 2.75) is 32.5 Å². The van der Waals surface area contributed by atoms with Gasteiger partial charge in [0.1, 0.15) is 10.9 Å². The molecule has 0 radical (unpaired) electrons. The van der Waals surface area contributed by atoms with Crippen molar-refractivity contribution in [3.8, 4) is 17.2 Å². The van der Waals surface area contributed by atoms with Gasteiger partial charge in [-0.2, -0.15) is 0 Å². The number of fused-ring (bicyclic) bond motifs is 2. The Morgan fingerprint density at radius 1 is 1.15 bits per heavy atom. The van der Waals surface area contributed by atoms with E-state index in [9.17, 15) is 9.59 Å². The molecule has 0 aliphatic carbocycles. The molecule has 0 fully saturated rings. The Kier molecular flexibility index (Phi) is 5.98. The van der Waals surface area contributed by atoms with Crippen molar-refractivity contribution in [3.05, 3.63) is 76.6 Å². The topological polar surface area (TPSA) is 90.0 Å². The minimum absolute atomic E-state index is 0.0934. The number of pyridine rings is 1. The zero-order valence-corrected chi connectivity index (χ0v) is 19.2. The summed E-state index contributed by atoms with van der Waals surface area (Å²) in [7, 11) is 0. The van der Waals surface area contributed by atoms with Gasteiger partial charge in [0.15, 0.2) is 17.6 Å². The van der Waals surface area contributed by atoms with Crippen molar-refractivity contribution in [3.63, 3.8) is 0 Å². The second kappa shape index (κ2) is 9.23. The van der Waals surface area contributed by atoms with Crippen LogP contribution in [-0.2, 0) is 17.9 Å². The molecule has 0 bridgehead atoms. The third-order valence-corrected chi connectivity index (χ3v) is 6.02. The molecule has 8 nitrogen and oxygen atoms in total. The largest absolute Gasteiger partial charge is 0.480 e. The Morgan fingerprint density at radius 2 is 1.97 bits per heavy atom. The maximum atomic E-state index is 13.2. The summed E-state index contributed by atoms with van der Waals surface area (Å²) < 4.78 is 16.9. The number of carbonyl (C=O) groups is 2. The molecule has 174 valence electrons. The van der Waals surface area contributed by atoms with Crippen LogP contribution >= 0.6 is 11.6 Å². The van der Waals surface area contributed by atoms with Gasteiger partial charge in [0.2, 0.25) is 6.79 Å². The quantitative estimate of drug-likeness (QED) is 0.545. The average Bonchev–Trinajstić information content (AvgIpc) is 3.26. The first-order valence-corrected chi connectivity index (χ1v) is 11.3. The van der Waals surface area contributed by atoms with Crippen LogP contribution in [0.4, 0.5) is 5.69 Å². The van der Waals surface area contributed by atoms with Crippen LogP contribution in [0.2, 0.25) is 5.15 Å². The second-order valence-corrected chi connectivity index (χ2v) is 8.37. The molecule has 0 saturated carbocycles. The van der Waals surface area contributed by atoms with Crippen LogP contribution in [0.5, 0.6) is 17.2 Å². The van der Waals surface area contributed by atoms with E-state index in [0.29, 0.717) is 42.4 Å². The predicted octanol–water partition coefficient (Wildman–Crippen LogP) is 4.42. The summed E-state index contributed by atoms with van der Waals surface area (Å²) in [6.45, 7) is 2.82. The van der Waals surface area contributed by atoms with E-state index in [4.69, 9.17) is 25.8 Å². The molecule has 1 aromatic heterocycles. The first kappa shape index (κ1) is 22.0. The van der Waals surface area contributed by atoms with Gasteiger partial charge in [0, 0.05) is 30.5 Å². The molecule has 5 rings (SSSR count). The molecule has 3 aromatic rings. The van der Waals surface area contributed by atoms with Gasteiger partial charge in [-0.1, -0.05) is 24.6 Å². The molecule has 2 aliphatic rings. The van der Waals surface area contributed by atoms with Gasteiger partial charge in [-0.15, -0.1) is 0 Å². The Balaban J connectivity index is 1.40. The Labute approximate surface area is 201 Å². The van der Waals surface area contributed by atoms with Crippen molar-refractivity contribution in [1.82, 2.24) is 9.88 Å². The van der Waals surface area contributed by atoms with Crippen molar-refractivity contribution < 1.29 is 23.8 Å². The Morgan fingerprint density at radius 3 is 2.79 bits per heavy atom. The number of carbonyl (C=O) groups excluding carboxylic acids is 2. The highest BCUT2D eigenvalue weighted by Crippen LogP contribution is 2.34. The SMILES string of the molecule is CCC1Oc2ccc(NC(=O)c3cccnc3Cl)cc2CN(Cc2ccc3c(c2)OCO3)C1=O. The zero-order chi connectivity index (χ0) is 23.7. The molecule has 1 N–H and O–H groups in total. The molecule has 34 heavy (non-hydrogen) atoms. The van der Waals surface area contributed by atoms with Crippen molar-refractivity contribution in [2.75, 3.05) is 12.1 Å². The number of anilines is 1. The molecule has 2 aliphatic heterocycles. The first-order chi connectivity index (χ1) is 16.5. The molecule has 1 atom stereocenters. The van der Waals surface area contributed by atoms with Crippen LogP contribution in [0, 0.1) is 0 Å². The Hall–Kier alpha value is -3.78. The lowest BCUT2D eigenvalue weighted by Crippen LogP contribution is -2.38. The number of benzene rings is 2. The van der Waals surface area contributed by atoms with Crippen LogP contribution in [-0.4, -0.2) is 34.6 Å². The predicted molar refractivity (Wildman–Crippen MR) is 125 cm³/mol. The molecule has 1 unspecified atom stereocenters. The van der Waals surface area contributed by atoms with Crippen molar-refractivity contribution >= 4 is 29.1 Å². The third kappa shape index (κ3) is 4.36. The normalized spacial score (nSPS) is 16.5. The van der Waals surface area contributed by atoms with Crippen LogP contribution in [0.3, 0.4) is 0 Å². The summed E-state index contributed by atoms with van der Waals surface area (Å²) in [5.41, 5.74) is 2.56. The monoisotopic (exact) mass is 479 g/mol. The summed E-state index contributed by atoms with van der Waals surface area (Å²) in [5, 5.41) is 2.98. The molecule has 0 saturated heterocycles. The highest BCUT2D eigenvalue weighted by atomic mass is 35.5. The molecule has 2 amide bonds. The molecule has 0 spiro atoms. The van der Waals surface area contributed by atoms with Gasteiger partial charge in [0.25, 0.3) is 11.8 Å². The number of hydrogen-bond donors (Lipinski definition) is 1. The maximum Gasteiger partial charge on any atom is 0.264 e. The minimum Gasteiger partial charge on any atom is -0.480 e. The fourth-order valence-electron chi connectivity index (χ4n) is 3.99. The van der Waals surface area contributed by atoms with E-state index >= 15 is 0 Å². The Bertz CT molecular complexity index is 1270. The van der Waals surface area contributed by atoms with Crippen LogP contribution in [0.1, 0.15) is 34.8 Å². The minimum atomic E-state index is -0.593. The van der Waals surface area contributed by atoms with E-state index in [-0.39, 0.29) is 29.3 Å². The second-order valence-electron chi connectivity index (χ2n) is 8.02. The zero-order valence-electron chi connectivity index (χ0n) is 18.4. The number of amides is 2. The van der Waals surface area contributed by atoms with E-state index in [1.807, 2.05) is 31.2 Å².